The van der Waals surface area contributed by atoms with Crippen LogP contribution in [0.3, 0.4) is 0 Å². The molecule has 2 unspecified atom stereocenters. The van der Waals surface area contributed by atoms with Gasteiger partial charge < -0.3 is 10.1 Å². The summed E-state index contributed by atoms with van der Waals surface area (Å²) in [5, 5.41) is 11.9. The van der Waals surface area contributed by atoms with Crippen LogP contribution in [0, 0.1) is 17.1 Å². The first-order valence-corrected chi connectivity index (χ1v) is 6.23. The Kier molecular flexibility index (Phi) is 4.16. The number of halogens is 1. The van der Waals surface area contributed by atoms with Gasteiger partial charge in [-0.3, -0.25) is 0 Å². The van der Waals surface area contributed by atoms with Gasteiger partial charge in [0.05, 0.1) is 29.5 Å². The van der Waals surface area contributed by atoms with E-state index in [-0.39, 0.29) is 18.0 Å². The van der Waals surface area contributed by atoms with Crippen LogP contribution in [0.5, 0.6) is 0 Å². The fraction of sp³-hybridized carbons (Fsp3) is 0.500. The zero-order chi connectivity index (χ0) is 13.0. The molecule has 0 aromatic heterocycles. The Labute approximate surface area is 107 Å². The van der Waals surface area contributed by atoms with Gasteiger partial charge in [0.2, 0.25) is 0 Å². The zero-order valence-electron chi connectivity index (χ0n) is 10.4. The van der Waals surface area contributed by atoms with Crippen molar-refractivity contribution < 1.29 is 9.13 Å². The monoisotopic (exact) mass is 248 g/mol. The minimum absolute atomic E-state index is 0.133. The van der Waals surface area contributed by atoms with Crippen molar-refractivity contribution in [3.63, 3.8) is 0 Å². The number of hydrogen-bond donors (Lipinski definition) is 1. The highest BCUT2D eigenvalue weighted by Gasteiger charge is 2.25. The van der Waals surface area contributed by atoms with Gasteiger partial charge in [-0.05, 0) is 31.0 Å². The molecule has 96 valence electrons. The number of nitrogens with one attached hydrogen (secondary N) is 1. The number of methoxy groups -OCH3 is 1. The highest BCUT2D eigenvalue weighted by atomic mass is 19.1. The van der Waals surface area contributed by atoms with Crippen molar-refractivity contribution in [1.29, 1.82) is 5.26 Å². The molecule has 1 fully saturated rings. The Morgan fingerprint density at radius 3 is 2.83 bits per heavy atom. The Bertz CT molecular complexity index is 456. The number of anilines is 1. The first-order valence-electron chi connectivity index (χ1n) is 6.23. The summed E-state index contributed by atoms with van der Waals surface area (Å²) in [5.41, 5.74) is 0.785. The maximum Gasteiger partial charge on any atom is 0.147 e. The number of hydrogen-bond acceptors (Lipinski definition) is 3. The van der Waals surface area contributed by atoms with Gasteiger partial charge in [0.1, 0.15) is 5.82 Å². The topological polar surface area (TPSA) is 45.0 Å². The highest BCUT2D eigenvalue weighted by molar-refractivity contribution is 5.49. The van der Waals surface area contributed by atoms with E-state index in [4.69, 9.17) is 10.00 Å². The molecule has 4 heteroatoms. The van der Waals surface area contributed by atoms with Crippen LogP contribution in [0.2, 0.25) is 0 Å². The van der Waals surface area contributed by atoms with E-state index in [1.807, 2.05) is 6.07 Å². The summed E-state index contributed by atoms with van der Waals surface area (Å²) < 4.78 is 19.2. The largest absolute Gasteiger partial charge is 0.379 e. The predicted octanol–water partition coefficient (Wildman–Crippen LogP) is 3.07. The summed E-state index contributed by atoms with van der Waals surface area (Å²) in [6.07, 6.45) is 4.42. The number of rotatable bonds is 3. The molecule has 2 rings (SSSR count). The highest BCUT2D eigenvalue weighted by Crippen LogP contribution is 2.25. The van der Waals surface area contributed by atoms with Crippen molar-refractivity contribution in [2.75, 3.05) is 12.4 Å². The fourth-order valence-corrected chi connectivity index (χ4v) is 2.45. The first-order chi connectivity index (χ1) is 8.74. The van der Waals surface area contributed by atoms with E-state index in [0.717, 1.165) is 25.7 Å². The van der Waals surface area contributed by atoms with E-state index in [1.54, 1.807) is 19.2 Å². The first kappa shape index (κ1) is 12.8. The van der Waals surface area contributed by atoms with Gasteiger partial charge in [-0.25, -0.2) is 4.39 Å². The molecule has 0 amide bonds. The lowest BCUT2D eigenvalue weighted by Crippen LogP contribution is -2.38. The number of nitrogens with zero attached hydrogens (tertiary/aromatic N) is 1. The van der Waals surface area contributed by atoms with Gasteiger partial charge in [0.15, 0.2) is 0 Å². The van der Waals surface area contributed by atoms with Gasteiger partial charge >= 0.3 is 0 Å². The SMILES string of the molecule is COC1CCCCC1Nc1ccc(C#N)cc1F. The predicted molar refractivity (Wildman–Crippen MR) is 67.8 cm³/mol. The van der Waals surface area contributed by atoms with E-state index >= 15 is 0 Å². The molecule has 0 aliphatic heterocycles. The summed E-state index contributed by atoms with van der Waals surface area (Å²) >= 11 is 0. The molecule has 18 heavy (non-hydrogen) atoms. The molecule has 1 aliphatic carbocycles. The Hall–Kier alpha value is -1.60. The number of nitriles is 1. The third-order valence-electron chi connectivity index (χ3n) is 3.44. The van der Waals surface area contributed by atoms with Crippen molar-refractivity contribution in [2.45, 2.75) is 37.8 Å². The van der Waals surface area contributed by atoms with E-state index in [1.165, 1.54) is 6.07 Å². The van der Waals surface area contributed by atoms with Crippen molar-refractivity contribution in [1.82, 2.24) is 0 Å². The van der Waals surface area contributed by atoms with Crippen molar-refractivity contribution in [3.8, 4) is 6.07 Å². The summed E-state index contributed by atoms with van der Waals surface area (Å²) in [6, 6.07) is 6.57. The van der Waals surface area contributed by atoms with Gasteiger partial charge in [-0.15, -0.1) is 0 Å². The van der Waals surface area contributed by atoms with Gasteiger partial charge in [-0.2, -0.15) is 5.26 Å². The Morgan fingerprint density at radius 1 is 1.39 bits per heavy atom. The molecule has 0 spiro atoms. The van der Waals surface area contributed by atoms with Crippen LogP contribution in [-0.4, -0.2) is 19.3 Å². The minimum atomic E-state index is -0.380. The van der Waals surface area contributed by atoms with E-state index in [0.29, 0.717) is 11.3 Å². The number of ether oxygens (including phenoxy) is 1. The molecule has 1 aromatic carbocycles. The molecule has 0 saturated heterocycles. The summed E-state index contributed by atoms with van der Waals surface area (Å²) in [7, 11) is 1.69. The molecular weight excluding hydrogens is 231 g/mol. The lowest BCUT2D eigenvalue weighted by molar-refractivity contribution is 0.0605. The molecule has 0 heterocycles. The fourth-order valence-electron chi connectivity index (χ4n) is 2.45. The van der Waals surface area contributed by atoms with Crippen LogP contribution in [0.15, 0.2) is 18.2 Å². The van der Waals surface area contributed by atoms with E-state index < -0.39 is 0 Å². The third-order valence-corrected chi connectivity index (χ3v) is 3.44. The summed E-state index contributed by atoms with van der Waals surface area (Å²) in [6.45, 7) is 0. The number of benzene rings is 1. The van der Waals surface area contributed by atoms with Crippen molar-refractivity contribution >= 4 is 5.69 Å². The molecule has 0 radical (unpaired) electrons. The van der Waals surface area contributed by atoms with Crippen LogP contribution < -0.4 is 5.32 Å². The zero-order valence-corrected chi connectivity index (χ0v) is 10.4. The Morgan fingerprint density at radius 2 is 2.17 bits per heavy atom. The average molecular weight is 248 g/mol. The average Bonchev–Trinajstić information content (AvgIpc) is 2.41. The molecule has 0 bridgehead atoms. The Balaban J connectivity index is 2.10. The summed E-state index contributed by atoms with van der Waals surface area (Å²) in [5.74, 6) is -0.380. The molecular formula is C14H17FN2O. The smallest absolute Gasteiger partial charge is 0.147 e. The minimum Gasteiger partial charge on any atom is -0.379 e. The molecule has 1 N–H and O–H groups in total. The van der Waals surface area contributed by atoms with E-state index in [2.05, 4.69) is 5.32 Å². The van der Waals surface area contributed by atoms with Crippen LogP contribution in [-0.2, 0) is 4.74 Å². The third kappa shape index (κ3) is 2.80. The van der Waals surface area contributed by atoms with Gasteiger partial charge in [0.25, 0.3) is 0 Å². The van der Waals surface area contributed by atoms with Crippen molar-refractivity contribution in [3.05, 3.63) is 29.6 Å². The van der Waals surface area contributed by atoms with Crippen LogP contribution in [0.4, 0.5) is 10.1 Å². The van der Waals surface area contributed by atoms with Gasteiger partial charge in [0, 0.05) is 7.11 Å². The normalized spacial score (nSPS) is 23.4. The second-order valence-electron chi connectivity index (χ2n) is 4.62. The quantitative estimate of drug-likeness (QED) is 0.894. The molecule has 3 nitrogen and oxygen atoms in total. The molecule has 2 atom stereocenters. The van der Waals surface area contributed by atoms with Crippen LogP contribution in [0.1, 0.15) is 31.2 Å². The lowest BCUT2D eigenvalue weighted by atomic mass is 9.92. The second kappa shape index (κ2) is 5.83. The molecule has 1 aromatic rings. The van der Waals surface area contributed by atoms with Gasteiger partial charge in [-0.1, -0.05) is 12.8 Å². The standard InChI is InChI=1S/C14H17FN2O/c1-18-14-5-3-2-4-13(14)17-12-7-6-10(9-16)8-11(12)15/h6-8,13-14,17H,2-5H2,1H3. The van der Waals surface area contributed by atoms with Crippen LogP contribution >= 0.6 is 0 Å². The van der Waals surface area contributed by atoms with E-state index in [9.17, 15) is 4.39 Å². The maximum absolute atomic E-state index is 13.8. The summed E-state index contributed by atoms with van der Waals surface area (Å²) in [4.78, 5) is 0. The lowest BCUT2D eigenvalue weighted by Gasteiger charge is -2.31. The van der Waals surface area contributed by atoms with Crippen LogP contribution in [0.25, 0.3) is 0 Å². The maximum atomic E-state index is 13.8. The van der Waals surface area contributed by atoms with Crippen molar-refractivity contribution in [2.24, 2.45) is 0 Å². The molecule has 1 aliphatic rings. The molecule has 1 saturated carbocycles. The second-order valence-corrected chi connectivity index (χ2v) is 4.62.